The molecule has 15 heavy (non-hydrogen) atoms. The van der Waals surface area contributed by atoms with Gasteiger partial charge in [-0.2, -0.15) is 0 Å². The van der Waals surface area contributed by atoms with Crippen molar-refractivity contribution in [2.24, 2.45) is 0 Å². The van der Waals surface area contributed by atoms with Gasteiger partial charge in [-0.05, 0) is 0 Å². The number of nitrogens with zero attached hydrogens (tertiary/aromatic N) is 3. The number of fused-ring (bicyclic) bond motifs is 1. The van der Waals surface area contributed by atoms with Crippen LogP contribution in [-0.4, -0.2) is 19.9 Å². The number of halogens is 1. The van der Waals surface area contributed by atoms with E-state index in [9.17, 15) is 4.39 Å². The highest BCUT2D eigenvalue weighted by atomic mass is 32.1. The molecule has 74 valence electrons. The minimum atomic E-state index is -0.271. The van der Waals surface area contributed by atoms with Gasteiger partial charge in [-0.25, -0.2) is 19.3 Å². The summed E-state index contributed by atoms with van der Waals surface area (Å²) in [7, 11) is 0. The average molecular weight is 220 g/mol. The van der Waals surface area contributed by atoms with E-state index in [1.54, 1.807) is 11.6 Å². The Morgan fingerprint density at radius 2 is 2.27 bits per heavy atom. The van der Waals surface area contributed by atoms with E-state index in [-0.39, 0.29) is 5.82 Å². The summed E-state index contributed by atoms with van der Waals surface area (Å²) < 4.78 is 13.3. The van der Waals surface area contributed by atoms with E-state index in [1.165, 1.54) is 23.0 Å². The first-order valence-corrected chi connectivity index (χ1v) is 5.16. The summed E-state index contributed by atoms with van der Waals surface area (Å²) in [4.78, 5) is 15.0. The average Bonchev–Trinajstić information content (AvgIpc) is 2.82. The molecule has 0 amide bonds. The Bertz CT molecular complexity index is 582. The first kappa shape index (κ1) is 8.49. The van der Waals surface area contributed by atoms with Crippen molar-refractivity contribution in [1.29, 1.82) is 0 Å². The summed E-state index contributed by atoms with van der Waals surface area (Å²) in [5.41, 5.74) is 1.72. The van der Waals surface area contributed by atoms with Gasteiger partial charge in [0.2, 0.25) is 0 Å². The van der Waals surface area contributed by atoms with Gasteiger partial charge in [0, 0.05) is 10.8 Å². The van der Waals surface area contributed by atoms with Crippen LogP contribution in [0.3, 0.4) is 0 Å². The molecule has 4 nitrogen and oxygen atoms in total. The van der Waals surface area contributed by atoms with E-state index in [2.05, 4.69) is 19.9 Å². The molecule has 0 aliphatic carbocycles. The molecule has 0 unspecified atom stereocenters. The number of hydrogen-bond acceptors (Lipinski definition) is 4. The summed E-state index contributed by atoms with van der Waals surface area (Å²) in [6.45, 7) is 0. The van der Waals surface area contributed by atoms with Gasteiger partial charge in [-0.1, -0.05) is 0 Å². The van der Waals surface area contributed by atoms with Crippen LogP contribution in [-0.2, 0) is 0 Å². The van der Waals surface area contributed by atoms with Crippen LogP contribution in [0.2, 0.25) is 0 Å². The standard InChI is InChI=1S/C9H5FN4S/c10-6-3-15-2-5(6)8-13-7-1-11-4-12-9(7)14-8/h1-4H,(H,11,12,13,14). The van der Waals surface area contributed by atoms with E-state index >= 15 is 0 Å². The van der Waals surface area contributed by atoms with Crippen molar-refractivity contribution >= 4 is 22.5 Å². The SMILES string of the molecule is Fc1cscc1-c1nc2ncncc2[nH]1. The zero-order valence-corrected chi connectivity index (χ0v) is 8.25. The molecule has 0 radical (unpaired) electrons. The zero-order chi connectivity index (χ0) is 10.3. The fourth-order valence-electron chi connectivity index (χ4n) is 1.34. The minimum absolute atomic E-state index is 0.271. The molecule has 0 spiro atoms. The molecule has 0 aliphatic rings. The number of rotatable bonds is 1. The molecule has 0 atom stereocenters. The molecule has 0 saturated carbocycles. The molecule has 0 fully saturated rings. The lowest BCUT2D eigenvalue weighted by molar-refractivity contribution is 0.635. The monoisotopic (exact) mass is 220 g/mol. The topological polar surface area (TPSA) is 54.5 Å². The van der Waals surface area contributed by atoms with Crippen molar-refractivity contribution in [3.8, 4) is 11.4 Å². The first-order valence-electron chi connectivity index (χ1n) is 4.22. The molecule has 0 aromatic carbocycles. The maximum Gasteiger partial charge on any atom is 0.181 e. The molecule has 0 saturated heterocycles. The molecular weight excluding hydrogens is 215 g/mol. The highest BCUT2D eigenvalue weighted by Gasteiger charge is 2.10. The number of nitrogens with one attached hydrogen (secondary N) is 1. The predicted molar refractivity (Wildman–Crippen MR) is 55.0 cm³/mol. The third kappa shape index (κ3) is 1.30. The van der Waals surface area contributed by atoms with Gasteiger partial charge in [0.15, 0.2) is 5.65 Å². The lowest BCUT2D eigenvalue weighted by Gasteiger charge is -1.88. The molecule has 3 aromatic rings. The minimum Gasteiger partial charge on any atom is -0.335 e. The summed E-state index contributed by atoms with van der Waals surface area (Å²) in [6, 6.07) is 0. The van der Waals surface area contributed by atoms with Crippen molar-refractivity contribution in [2.45, 2.75) is 0 Å². The fraction of sp³-hybridized carbons (Fsp3) is 0. The van der Waals surface area contributed by atoms with Gasteiger partial charge in [0.1, 0.15) is 23.5 Å². The predicted octanol–water partition coefficient (Wildman–Crippen LogP) is 2.22. The van der Waals surface area contributed by atoms with E-state index in [0.717, 1.165) is 0 Å². The molecular formula is C9H5FN4S. The Morgan fingerprint density at radius 3 is 3.00 bits per heavy atom. The Kier molecular flexibility index (Phi) is 1.75. The van der Waals surface area contributed by atoms with Gasteiger partial charge in [-0.3, -0.25) is 0 Å². The number of aromatic nitrogens is 4. The van der Waals surface area contributed by atoms with Crippen molar-refractivity contribution < 1.29 is 4.39 Å². The fourth-order valence-corrected chi connectivity index (χ4v) is 2.01. The maximum absolute atomic E-state index is 13.3. The molecule has 0 aliphatic heterocycles. The second-order valence-electron chi connectivity index (χ2n) is 2.98. The van der Waals surface area contributed by atoms with Crippen LogP contribution in [0.1, 0.15) is 0 Å². The van der Waals surface area contributed by atoms with Crippen molar-refractivity contribution in [3.63, 3.8) is 0 Å². The van der Waals surface area contributed by atoms with Crippen LogP contribution in [0, 0.1) is 5.82 Å². The van der Waals surface area contributed by atoms with E-state index < -0.39 is 0 Å². The largest absolute Gasteiger partial charge is 0.335 e. The van der Waals surface area contributed by atoms with Crippen molar-refractivity contribution in [3.05, 3.63) is 29.1 Å². The van der Waals surface area contributed by atoms with Crippen LogP contribution in [0.5, 0.6) is 0 Å². The van der Waals surface area contributed by atoms with E-state index in [1.807, 2.05) is 0 Å². The Labute approximate surface area is 87.8 Å². The van der Waals surface area contributed by atoms with Crippen LogP contribution in [0.4, 0.5) is 4.39 Å². The quantitative estimate of drug-likeness (QED) is 0.684. The van der Waals surface area contributed by atoms with Gasteiger partial charge in [0.25, 0.3) is 0 Å². The van der Waals surface area contributed by atoms with Crippen LogP contribution >= 0.6 is 11.3 Å². The highest BCUT2D eigenvalue weighted by Crippen LogP contribution is 2.24. The van der Waals surface area contributed by atoms with Gasteiger partial charge in [-0.15, -0.1) is 11.3 Å². The summed E-state index contributed by atoms with van der Waals surface area (Å²) >= 11 is 1.30. The Morgan fingerprint density at radius 1 is 1.33 bits per heavy atom. The van der Waals surface area contributed by atoms with Gasteiger partial charge >= 0.3 is 0 Å². The zero-order valence-electron chi connectivity index (χ0n) is 7.44. The van der Waals surface area contributed by atoms with Gasteiger partial charge in [0.05, 0.1) is 11.8 Å². The Hall–Kier alpha value is -1.82. The Balaban J connectivity index is 2.24. The van der Waals surface area contributed by atoms with Crippen LogP contribution in [0.15, 0.2) is 23.3 Å². The lowest BCUT2D eigenvalue weighted by Crippen LogP contribution is -1.79. The highest BCUT2D eigenvalue weighted by molar-refractivity contribution is 7.08. The van der Waals surface area contributed by atoms with E-state index in [0.29, 0.717) is 22.6 Å². The molecule has 3 rings (SSSR count). The second kappa shape index (κ2) is 3.09. The smallest absolute Gasteiger partial charge is 0.181 e. The first-order chi connectivity index (χ1) is 7.34. The lowest BCUT2D eigenvalue weighted by atomic mass is 10.3. The number of hydrogen-bond donors (Lipinski definition) is 1. The second-order valence-corrected chi connectivity index (χ2v) is 3.72. The molecule has 1 N–H and O–H groups in total. The summed E-state index contributed by atoms with van der Waals surface area (Å²) in [5.74, 6) is 0.219. The van der Waals surface area contributed by atoms with Crippen molar-refractivity contribution in [2.75, 3.05) is 0 Å². The van der Waals surface area contributed by atoms with Gasteiger partial charge < -0.3 is 4.98 Å². The molecule has 0 bridgehead atoms. The number of aromatic amines is 1. The summed E-state index contributed by atoms with van der Waals surface area (Å²) in [6.07, 6.45) is 3.03. The van der Waals surface area contributed by atoms with Crippen molar-refractivity contribution in [1.82, 2.24) is 19.9 Å². The van der Waals surface area contributed by atoms with Crippen LogP contribution < -0.4 is 0 Å². The summed E-state index contributed by atoms with van der Waals surface area (Å²) in [5, 5.41) is 3.15. The normalized spacial score (nSPS) is 11.0. The number of thiophene rings is 1. The molecule has 6 heteroatoms. The van der Waals surface area contributed by atoms with E-state index in [4.69, 9.17) is 0 Å². The molecule has 3 aromatic heterocycles. The number of H-pyrrole nitrogens is 1. The van der Waals surface area contributed by atoms with Crippen LogP contribution in [0.25, 0.3) is 22.6 Å². The third-order valence-electron chi connectivity index (χ3n) is 2.03. The third-order valence-corrected chi connectivity index (χ3v) is 2.75. The number of imidazole rings is 1. The molecule has 3 heterocycles. The maximum atomic E-state index is 13.3.